The van der Waals surface area contributed by atoms with Gasteiger partial charge in [-0.3, -0.25) is 0 Å². The van der Waals surface area contributed by atoms with Gasteiger partial charge in [0.15, 0.2) is 5.60 Å². The molecule has 4 heteroatoms. The van der Waals surface area contributed by atoms with Crippen LogP contribution in [0.25, 0.3) is 0 Å². The van der Waals surface area contributed by atoms with Crippen LogP contribution in [0.3, 0.4) is 0 Å². The van der Waals surface area contributed by atoms with Crippen LogP contribution in [0, 0.1) is 0 Å². The van der Waals surface area contributed by atoms with E-state index in [2.05, 4.69) is 6.58 Å². The van der Waals surface area contributed by atoms with Gasteiger partial charge in [0, 0.05) is 12.7 Å². The summed E-state index contributed by atoms with van der Waals surface area (Å²) in [5.41, 5.74) is -0.455. The standard InChI is InChI=1S/C13H18O4/c1-9(2)12(14)17-13(3,4)11-7-6-10(16-11)8-15-5/h6-7H,1,8H2,2-5H3. The number of carbonyl (C=O) groups excluding carboxylic acids is 1. The molecule has 0 aliphatic heterocycles. The highest BCUT2D eigenvalue weighted by Crippen LogP contribution is 2.27. The van der Waals surface area contributed by atoms with Crippen LogP contribution in [0.1, 0.15) is 32.3 Å². The molecule has 0 radical (unpaired) electrons. The van der Waals surface area contributed by atoms with Gasteiger partial charge in [0.2, 0.25) is 0 Å². The highest BCUT2D eigenvalue weighted by atomic mass is 16.6. The summed E-state index contributed by atoms with van der Waals surface area (Å²) < 4.78 is 15.8. The van der Waals surface area contributed by atoms with E-state index in [4.69, 9.17) is 13.9 Å². The van der Waals surface area contributed by atoms with Crippen LogP contribution in [0.2, 0.25) is 0 Å². The second-order valence-corrected chi connectivity index (χ2v) is 4.38. The first kappa shape index (κ1) is 13.5. The number of methoxy groups -OCH3 is 1. The maximum absolute atomic E-state index is 11.5. The molecule has 0 atom stereocenters. The zero-order chi connectivity index (χ0) is 13.1. The molecular weight excluding hydrogens is 220 g/mol. The van der Waals surface area contributed by atoms with Gasteiger partial charge in [-0.1, -0.05) is 6.58 Å². The van der Waals surface area contributed by atoms with Gasteiger partial charge < -0.3 is 13.9 Å². The summed E-state index contributed by atoms with van der Waals surface area (Å²) in [7, 11) is 1.59. The topological polar surface area (TPSA) is 48.7 Å². The van der Waals surface area contributed by atoms with Crippen LogP contribution in [-0.2, 0) is 26.5 Å². The van der Waals surface area contributed by atoms with Crippen LogP contribution in [0.15, 0.2) is 28.7 Å². The van der Waals surface area contributed by atoms with Crippen LogP contribution in [-0.4, -0.2) is 13.1 Å². The van der Waals surface area contributed by atoms with Crippen molar-refractivity contribution in [3.63, 3.8) is 0 Å². The second-order valence-electron chi connectivity index (χ2n) is 4.38. The third-order valence-electron chi connectivity index (χ3n) is 2.24. The van der Waals surface area contributed by atoms with Crippen LogP contribution >= 0.6 is 0 Å². The molecule has 0 saturated heterocycles. The summed E-state index contributed by atoms with van der Waals surface area (Å²) in [5.74, 6) is 0.848. The summed E-state index contributed by atoms with van der Waals surface area (Å²) in [6, 6.07) is 3.58. The van der Waals surface area contributed by atoms with Crippen molar-refractivity contribution in [2.45, 2.75) is 33.0 Å². The SMILES string of the molecule is C=C(C)C(=O)OC(C)(C)c1ccc(COC)o1. The lowest BCUT2D eigenvalue weighted by molar-refractivity contribution is -0.154. The normalized spacial score (nSPS) is 11.3. The highest BCUT2D eigenvalue weighted by Gasteiger charge is 2.29. The molecule has 0 bridgehead atoms. The Morgan fingerprint density at radius 2 is 2.12 bits per heavy atom. The fourth-order valence-electron chi connectivity index (χ4n) is 1.29. The minimum Gasteiger partial charge on any atom is -0.459 e. The van der Waals surface area contributed by atoms with Crippen molar-refractivity contribution in [1.82, 2.24) is 0 Å². The average Bonchev–Trinajstić information content (AvgIpc) is 2.66. The molecule has 0 fully saturated rings. The number of ether oxygens (including phenoxy) is 2. The number of hydrogen-bond acceptors (Lipinski definition) is 4. The summed E-state index contributed by atoms with van der Waals surface area (Å²) in [6.45, 7) is 9.08. The number of carbonyl (C=O) groups is 1. The van der Waals surface area contributed by atoms with E-state index in [0.717, 1.165) is 0 Å². The molecule has 94 valence electrons. The van der Waals surface area contributed by atoms with E-state index < -0.39 is 11.6 Å². The molecule has 0 amide bonds. The minimum absolute atomic E-state index is 0.363. The molecule has 0 aromatic carbocycles. The number of furan rings is 1. The molecule has 4 nitrogen and oxygen atoms in total. The summed E-state index contributed by atoms with van der Waals surface area (Å²) >= 11 is 0. The van der Waals surface area contributed by atoms with Gasteiger partial charge in [-0.05, 0) is 32.9 Å². The summed E-state index contributed by atoms with van der Waals surface area (Å²) in [4.78, 5) is 11.5. The molecule has 0 spiro atoms. The largest absolute Gasteiger partial charge is 0.459 e. The van der Waals surface area contributed by atoms with Gasteiger partial charge in [0.1, 0.15) is 18.1 Å². The average molecular weight is 238 g/mol. The number of esters is 1. The van der Waals surface area contributed by atoms with E-state index in [1.165, 1.54) is 0 Å². The van der Waals surface area contributed by atoms with Crippen molar-refractivity contribution in [2.24, 2.45) is 0 Å². The first-order chi connectivity index (χ1) is 7.86. The van der Waals surface area contributed by atoms with Crippen molar-refractivity contribution >= 4 is 5.97 Å². The van der Waals surface area contributed by atoms with Gasteiger partial charge in [0.05, 0.1) is 0 Å². The number of hydrogen-bond donors (Lipinski definition) is 0. The third kappa shape index (κ3) is 3.46. The Labute approximate surface area is 101 Å². The van der Waals surface area contributed by atoms with Gasteiger partial charge in [-0.25, -0.2) is 4.79 Å². The fraction of sp³-hybridized carbons (Fsp3) is 0.462. The van der Waals surface area contributed by atoms with E-state index in [1.807, 2.05) is 0 Å². The molecule has 1 rings (SSSR count). The predicted octanol–water partition coefficient (Wildman–Crippen LogP) is 2.78. The van der Waals surface area contributed by atoms with Gasteiger partial charge in [-0.15, -0.1) is 0 Å². The van der Waals surface area contributed by atoms with Gasteiger partial charge >= 0.3 is 5.97 Å². The van der Waals surface area contributed by atoms with Crippen LogP contribution in [0.5, 0.6) is 0 Å². The van der Waals surface area contributed by atoms with Crippen molar-refractivity contribution < 1.29 is 18.7 Å². The van der Waals surface area contributed by atoms with Crippen LogP contribution < -0.4 is 0 Å². The maximum atomic E-state index is 11.5. The Hall–Kier alpha value is -1.55. The van der Waals surface area contributed by atoms with E-state index in [-0.39, 0.29) is 0 Å². The minimum atomic E-state index is -0.817. The molecule has 0 unspecified atom stereocenters. The summed E-state index contributed by atoms with van der Waals surface area (Å²) in [5, 5.41) is 0. The van der Waals surface area contributed by atoms with Crippen LogP contribution in [0.4, 0.5) is 0 Å². The molecule has 1 heterocycles. The molecule has 0 aliphatic rings. The van der Waals surface area contributed by atoms with Crippen molar-refractivity contribution in [1.29, 1.82) is 0 Å². The lowest BCUT2D eigenvalue weighted by Crippen LogP contribution is -2.25. The van der Waals surface area contributed by atoms with E-state index in [9.17, 15) is 4.79 Å². The molecule has 0 N–H and O–H groups in total. The Balaban J connectivity index is 2.81. The lowest BCUT2D eigenvalue weighted by atomic mass is 10.1. The first-order valence-corrected chi connectivity index (χ1v) is 5.34. The molecule has 1 aromatic heterocycles. The number of rotatable bonds is 5. The Morgan fingerprint density at radius 1 is 1.47 bits per heavy atom. The summed E-state index contributed by atoms with van der Waals surface area (Å²) in [6.07, 6.45) is 0. The Bertz CT molecular complexity index is 415. The maximum Gasteiger partial charge on any atom is 0.334 e. The van der Waals surface area contributed by atoms with E-state index in [1.54, 1.807) is 40.0 Å². The van der Waals surface area contributed by atoms with Crippen molar-refractivity contribution in [2.75, 3.05) is 7.11 Å². The third-order valence-corrected chi connectivity index (χ3v) is 2.24. The first-order valence-electron chi connectivity index (χ1n) is 5.34. The monoisotopic (exact) mass is 238 g/mol. The molecule has 1 aromatic rings. The zero-order valence-electron chi connectivity index (χ0n) is 10.7. The Morgan fingerprint density at radius 3 is 2.65 bits per heavy atom. The fourth-order valence-corrected chi connectivity index (χ4v) is 1.29. The molecular formula is C13H18O4. The van der Waals surface area contributed by atoms with E-state index >= 15 is 0 Å². The second kappa shape index (κ2) is 5.19. The van der Waals surface area contributed by atoms with Gasteiger partial charge in [0.25, 0.3) is 0 Å². The molecule has 17 heavy (non-hydrogen) atoms. The zero-order valence-corrected chi connectivity index (χ0v) is 10.7. The quantitative estimate of drug-likeness (QED) is 0.584. The molecule has 0 saturated carbocycles. The van der Waals surface area contributed by atoms with E-state index in [0.29, 0.717) is 23.7 Å². The van der Waals surface area contributed by atoms with Crippen molar-refractivity contribution in [3.8, 4) is 0 Å². The smallest absolute Gasteiger partial charge is 0.334 e. The highest BCUT2D eigenvalue weighted by molar-refractivity contribution is 5.87. The predicted molar refractivity (Wildman–Crippen MR) is 63.4 cm³/mol. The lowest BCUT2D eigenvalue weighted by Gasteiger charge is -2.22. The van der Waals surface area contributed by atoms with Gasteiger partial charge in [-0.2, -0.15) is 0 Å². The van der Waals surface area contributed by atoms with Crippen molar-refractivity contribution in [3.05, 3.63) is 35.8 Å². The Kier molecular flexibility index (Phi) is 4.12. The molecule has 0 aliphatic carbocycles.